The van der Waals surface area contributed by atoms with Crippen molar-refractivity contribution in [3.05, 3.63) is 0 Å². The minimum atomic E-state index is -0.821. The van der Waals surface area contributed by atoms with E-state index in [-0.39, 0.29) is 6.61 Å². The van der Waals surface area contributed by atoms with Crippen molar-refractivity contribution < 1.29 is 29.3 Å². The average molecular weight is 359 g/mol. The Labute approximate surface area is 150 Å². The van der Waals surface area contributed by atoms with Crippen LogP contribution in [0.3, 0.4) is 0 Å². The van der Waals surface area contributed by atoms with Crippen LogP contribution in [0.4, 0.5) is 4.79 Å². The molecule has 0 saturated carbocycles. The molecule has 0 fully saturated rings. The Kier molecular flexibility index (Phi) is 10.2. The van der Waals surface area contributed by atoms with Crippen LogP contribution in [0.15, 0.2) is 0 Å². The van der Waals surface area contributed by atoms with E-state index in [1.807, 2.05) is 0 Å². The zero-order valence-corrected chi connectivity index (χ0v) is 15.9. The predicted octanol–water partition coefficient (Wildman–Crippen LogP) is 3.66. The summed E-state index contributed by atoms with van der Waals surface area (Å²) in [5.74, 6) is -1.61. The Balaban J connectivity index is 3.60. The minimum Gasteiger partial charge on any atom is -0.481 e. The molecule has 7 nitrogen and oxygen atoms in total. The molecular formula is C18H33NO6. The van der Waals surface area contributed by atoms with Crippen LogP contribution < -0.4 is 5.32 Å². The van der Waals surface area contributed by atoms with Crippen LogP contribution in [-0.4, -0.2) is 41.4 Å². The molecule has 0 bridgehead atoms. The first-order chi connectivity index (χ1) is 11.5. The molecule has 0 saturated heterocycles. The molecule has 0 aromatic rings. The highest BCUT2D eigenvalue weighted by atomic mass is 16.5. The van der Waals surface area contributed by atoms with Gasteiger partial charge in [0.1, 0.15) is 0 Å². The maximum absolute atomic E-state index is 11.5. The van der Waals surface area contributed by atoms with Gasteiger partial charge in [0.25, 0.3) is 0 Å². The summed E-state index contributed by atoms with van der Waals surface area (Å²) in [6, 6.07) is 0. The Morgan fingerprint density at radius 2 is 1.28 bits per heavy atom. The Bertz CT molecular complexity index is 445. The topological polar surface area (TPSA) is 113 Å². The summed E-state index contributed by atoms with van der Waals surface area (Å²) in [7, 11) is 0. The molecule has 0 spiro atoms. The zero-order chi connectivity index (χ0) is 19.5. The van der Waals surface area contributed by atoms with E-state index in [4.69, 9.17) is 14.9 Å². The van der Waals surface area contributed by atoms with Gasteiger partial charge in [0.15, 0.2) is 0 Å². The third-order valence-electron chi connectivity index (χ3n) is 4.34. The summed E-state index contributed by atoms with van der Waals surface area (Å²) in [5, 5.41) is 20.7. The SMILES string of the molecule is CC(C)(CCCCCNC(=O)OCCCCC(C)(C)C(=O)O)C(=O)O. The number of nitrogens with one attached hydrogen (secondary N) is 1. The second-order valence-corrected chi connectivity index (χ2v) is 7.71. The first-order valence-electron chi connectivity index (χ1n) is 8.86. The van der Waals surface area contributed by atoms with Gasteiger partial charge in [-0.25, -0.2) is 4.79 Å². The number of ether oxygens (including phenoxy) is 1. The van der Waals surface area contributed by atoms with E-state index >= 15 is 0 Å². The fraction of sp³-hybridized carbons (Fsp3) is 0.833. The number of alkyl carbamates (subject to hydrolysis) is 1. The number of carbonyl (C=O) groups is 3. The van der Waals surface area contributed by atoms with Crippen LogP contribution >= 0.6 is 0 Å². The van der Waals surface area contributed by atoms with Crippen LogP contribution in [0.1, 0.15) is 72.6 Å². The molecular weight excluding hydrogens is 326 g/mol. The smallest absolute Gasteiger partial charge is 0.407 e. The number of unbranched alkanes of at least 4 members (excludes halogenated alkanes) is 3. The average Bonchev–Trinajstić information content (AvgIpc) is 2.49. The number of rotatable bonds is 13. The summed E-state index contributed by atoms with van der Waals surface area (Å²) in [6.45, 7) is 7.55. The quantitative estimate of drug-likeness (QED) is 0.432. The number of carboxylic acids is 2. The molecule has 146 valence electrons. The summed E-state index contributed by atoms with van der Waals surface area (Å²) in [6.07, 6.45) is 4.43. The molecule has 0 aromatic heterocycles. The second kappa shape index (κ2) is 10.9. The lowest BCUT2D eigenvalue weighted by molar-refractivity contribution is -0.148. The van der Waals surface area contributed by atoms with E-state index in [0.717, 1.165) is 19.3 Å². The normalized spacial score (nSPS) is 11.8. The summed E-state index contributed by atoms with van der Waals surface area (Å²) in [4.78, 5) is 33.4. The van der Waals surface area contributed by atoms with E-state index in [9.17, 15) is 14.4 Å². The third kappa shape index (κ3) is 10.6. The van der Waals surface area contributed by atoms with Crippen molar-refractivity contribution >= 4 is 18.0 Å². The molecule has 0 rings (SSSR count). The fourth-order valence-electron chi connectivity index (χ4n) is 2.16. The van der Waals surface area contributed by atoms with Crippen molar-refractivity contribution in [2.45, 2.75) is 72.6 Å². The summed E-state index contributed by atoms with van der Waals surface area (Å²) in [5.41, 5.74) is -1.46. The maximum Gasteiger partial charge on any atom is 0.407 e. The Morgan fingerprint density at radius 1 is 0.800 bits per heavy atom. The number of amides is 1. The number of carbonyl (C=O) groups excluding carboxylic acids is 1. The van der Waals surface area contributed by atoms with Gasteiger partial charge in [-0.05, 0) is 59.8 Å². The van der Waals surface area contributed by atoms with Crippen LogP contribution in [0.25, 0.3) is 0 Å². The van der Waals surface area contributed by atoms with Crippen molar-refractivity contribution in [3.63, 3.8) is 0 Å². The van der Waals surface area contributed by atoms with Crippen molar-refractivity contribution in [1.29, 1.82) is 0 Å². The van der Waals surface area contributed by atoms with Gasteiger partial charge in [-0.15, -0.1) is 0 Å². The van der Waals surface area contributed by atoms with Crippen molar-refractivity contribution in [2.24, 2.45) is 10.8 Å². The Morgan fingerprint density at radius 3 is 1.76 bits per heavy atom. The number of hydrogen-bond acceptors (Lipinski definition) is 4. The molecule has 0 atom stereocenters. The molecule has 0 aromatic carbocycles. The highest BCUT2D eigenvalue weighted by Gasteiger charge is 2.26. The first kappa shape index (κ1) is 23.2. The van der Waals surface area contributed by atoms with Crippen molar-refractivity contribution in [2.75, 3.05) is 13.2 Å². The standard InChI is InChI=1S/C18H33NO6/c1-17(2,14(20)21)10-6-5-8-12-19-16(24)25-13-9-7-11-18(3,4)15(22)23/h5-13H2,1-4H3,(H,19,24)(H,20,21)(H,22,23). The highest BCUT2D eigenvalue weighted by Crippen LogP contribution is 2.24. The lowest BCUT2D eigenvalue weighted by Gasteiger charge is -2.18. The van der Waals surface area contributed by atoms with E-state index in [0.29, 0.717) is 32.2 Å². The van der Waals surface area contributed by atoms with Gasteiger partial charge in [0.05, 0.1) is 17.4 Å². The lowest BCUT2D eigenvalue weighted by Crippen LogP contribution is -2.26. The Hall–Kier alpha value is -1.79. The molecule has 0 heterocycles. The summed E-state index contributed by atoms with van der Waals surface area (Å²) >= 11 is 0. The maximum atomic E-state index is 11.5. The molecule has 0 aliphatic carbocycles. The molecule has 25 heavy (non-hydrogen) atoms. The van der Waals surface area contributed by atoms with Gasteiger partial charge in [0.2, 0.25) is 0 Å². The molecule has 0 aliphatic heterocycles. The van der Waals surface area contributed by atoms with Crippen LogP contribution in [0, 0.1) is 10.8 Å². The number of aliphatic carboxylic acids is 2. The minimum absolute atomic E-state index is 0.272. The van der Waals surface area contributed by atoms with E-state index < -0.39 is 28.9 Å². The van der Waals surface area contributed by atoms with Gasteiger partial charge < -0.3 is 20.3 Å². The molecule has 1 amide bonds. The largest absolute Gasteiger partial charge is 0.481 e. The molecule has 7 heteroatoms. The highest BCUT2D eigenvalue weighted by molar-refractivity contribution is 5.73. The summed E-state index contributed by atoms with van der Waals surface area (Å²) < 4.78 is 5.03. The van der Waals surface area contributed by atoms with Gasteiger partial charge >= 0.3 is 18.0 Å². The van der Waals surface area contributed by atoms with E-state index in [1.54, 1.807) is 27.7 Å². The molecule has 3 N–H and O–H groups in total. The van der Waals surface area contributed by atoms with Crippen LogP contribution in [-0.2, 0) is 14.3 Å². The fourth-order valence-corrected chi connectivity index (χ4v) is 2.16. The van der Waals surface area contributed by atoms with Gasteiger partial charge in [0, 0.05) is 6.54 Å². The third-order valence-corrected chi connectivity index (χ3v) is 4.34. The molecule has 0 radical (unpaired) electrons. The van der Waals surface area contributed by atoms with Crippen LogP contribution in [0.2, 0.25) is 0 Å². The van der Waals surface area contributed by atoms with Crippen LogP contribution in [0.5, 0.6) is 0 Å². The van der Waals surface area contributed by atoms with E-state index in [2.05, 4.69) is 5.32 Å². The predicted molar refractivity (Wildman–Crippen MR) is 94.5 cm³/mol. The number of hydrogen-bond donors (Lipinski definition) is 3. The zero-order valence-electron chi connectivity index (χ0n) is 15.9. The van der Waals surface area contributed by atoms with Crippen molar-refractivity contribution in [3.8, 4) is 0 Å². The number of carboxylic acid groups (broad SMARTS) is 2. The monoisotopic (exact) mass is 359 g/mol. The van der Waals surface area contributed by atoms with Gasteiger partial charge in [-0.1, -0.05) is 12.8 Å². The molecule has 0 unspecified atom stereocenters. The second-order valence-electron chi connectivity index (χ2n) is 7.71. The lowest BCUT2D eigenvalue weighted by atomic mass is 9.87. The van der Waals surface area contributed by atoms with Gasteiger partial charge in [-0.3, -0.25) is 9.59 Å². The van der Waals surface area contributed by atoms with Crippen molar-refractivity contribution in [1.82, 2.24) is 5.32 Å². The van der Waals surface area contributed by atoms with Gasteiger partial charge in [-0.2, -0.15) is 0 Å². The first-order valence-corrected chi connectivity index (χ1v) is 8.86. The van der Waals surface area contributed by atoms with E-state index in [1.165, 1.54) is 0 Å². The molecule has 0 aliphatic rings.